The van der Waals surface area contributed by atoms with E-state index in [0.717, 1.165) is 64.9 Å². The molecule has 45 heavy (non-hydrogen) atoms. The van der Waals surface area contributed by atoms with Gasteiger partial charge in [0.25, 0.3) is 0 Å². The molecule has 2 aliphatic rings. The number of aromatic nitrogens is 4. The van der Waals surface area contributed by atoms with Crippen LogP contribution in [0.2, 0.25) is 0 Å². The Hall–Kier alpha value is -4.67. The molecule has 1 aromatic carbocycles. The summed E-state index contributed by atoms with van der Waals surface area (Å²) in [5.74, 6) is -4.72. The molecule has 0 radical (unpaired) electrons. The lowest BCUT2D eigenvalue weighted by atomic mass is 9.99. The second-order valence-electron chi connectivity index (χ2n) is 10.4. The summed E-state index contributed by atoms with van der Waals surface area (Å²) in [6.45, 7) is 5.90. The lowest BCUT2D eigenvalue weighted by Gasteiger charge is -2.29. The average molecular weight is 643 g/mol. The van der Waals surface area contributed by atoms with Crippen LogP contribution < -0.4 is 10.2 Å². The Bertz CT molecular complexity index is 1710. The maximum absolute atomic E-state index is 11.0. The molecule has 242 valence electrons. The third kappa shape index (κ3) is 7.89. The summed E-state index contributed by atoms with van der Waals surface area (Å²) in [4.78, 5) is 29.8. The third-order valence-corrected chi connectivity index (χ3v) is 7.06. The van der Waals surface area contributed by atoms with Gasteiger partial charge in [0, 0.05) is 61.3 Å². The summed E-state index contributed by atoms with van der Waals surface area (Å²) in [5.41, 5.74) is 6.35. The van der Waals surface area contributed by atoms with E-state index >= 15 is 0 Å². The number of carboxylic acids is 2. The number of hydrogen-bond acceptors (Lipinski definition) is 8. The Kier molecular flexibility index (Phi) is 9.41. The lowest BCUT2D eigenvalue weighted by molar-refractivity contribution is -0.193. The molecule has 0 spiro atoms. The summed E-state index contributed by atoms with van der Waals surface area (Å²) >= 11 is 0. The van der Waals surface area contributed by atoms with E-state index in [1.165, 1.54) is 24.1 Å². The zero-order valence-electron chi connectivity index (χ0n) is 23.9. The van der Waals surface area contributed by atoms with Crippen molar-refractivity contribution in [3.05, 3.63) is 41.7 Å². The summed E-state index contributed by atoms with van der Waals surface area (Å²) in [5, 5.41) is 35.3. The van der Waals surface area contributed by atoms with Crippen LogP contribution in [0.1, 0.15) is 29.9 Å². The fourth-order valence-corrected chi connectivity index (χ4v) is 4.72. The predicted octanol–water partition coefficient (Wildman–Crippen LogP) is 4.75. The first-order valence-corrected chi connectivity index (χ1v) is 13.5. The minimum absolute atomic E-state index is 0.247. The maximum Gasteiger partial charge on any atom is 0.490 e. The Morgan fingerprint density at radius 1 is 0.978 bits per heavy atom. The first kappa shape index (κ1) is 33.2. The lowest BCUT2D eigenvalue weighted by Crippen LogP contribution is -2.43. The van der Waals surface area contributed by atoms with Crippen LogP contribution >= 0.6 is 0 Å². The first-order chi connectivity index (χ1) is 21.0. The van der Waals surface area contributed by atoms with Gasteiger partial charge in [0.2, 0.25) is 0 Å². The Morgan fingerprint density at radius 2 is 1.56 bits per heavy atom. The van der Waals surface area contributed by atoms with Crippen molar-refractivity contribution in [2.45, 2.75) is 38.0 Å². The number of phenolic OH excluding ortho intramolecular Hbond substituents is 1. The number of nitrogens with zero attached hydrogens (tertiary/aromatic N) is 5. The fourth-order valence-electron chi connectivity index (χ4n) is 4.72. The van der Waals surface area contributed by atoms with E-state index in [9.17, 15) is 31.4 Å². The molecule has 0 atom stereocenters. The van der Waals surface area contributed by atoms with Gasteiger partial charge in [-0.2, -0.15) is 31.4 Å². The fraction of sp³-hybridized carbons (Fsp3) is 0.393. The number of nitrogens with one attached hydrogen (secondary N) is 1. The zero-order chi connectivity index (χ0) is 33.3. The minimum atomic E-state index is -5.08. The van der Waals surface area contributed by atoms with Gasteiger partial charge in [-0.3, -0.25) is 4.68 Å². The van der Waals surface area contributed by atoms with Crippen molar-refractivity contribution in [2.24, 2.45) is 7.05 Å². The number of fused-ring (bicyclic) bond motifs is 2. The summed E-state index contributed by atoms with van der Waals surface area (Å²) in [6, 6.07) is 6.41. The highest BCUT2D eigenvalue weighted by atomic mass is 19.4. The largest absolute Gasteiger partial charge is 0.507 e. The molecule has 0 amide bonds. The van der Waals surface area contributed by atoms with Crippen molar-refractivity contribution in [1.29, 1.82) is 0 Å². The number of hydrogen-bond donors (Lipinski definition) is 4. The maximum atomic E-state index is 11.0. The van der Waals surface area contributed by atoms with Gasteiger partial charge in [-0.05, 0) is 49.4 Å². The van der Waals surface area contributed by atoms with E-state index in [0.29, 0.717) is 5.92 Å². The molecule has 0 bridgehead atoms. The van der Waals surface area contributed by atoms with Gasteiger partial charge in [0.05, 0.1) is 23.1 Å². The Labute approximate surface area is 251 Å². The van der Waals surface area contributed by atoms with Crippen LogP contribution in [-0.4, -0.2) is 85.5 Å². The van der Waals surface area contributed by atoms with Crippen LogP contribution in [0.25, 0.3) is 33.2 Å². The quantitative estimate of drug-likeness (QED) is 0.230. The molecule has 4 heterocycles. The number of pyridine rings is 2. The number of carboxylic acid groups (broad SMARTS) is 2. The molecule has 4 N–H and O–H groups in total. The van der Waals surface area contributed by atoms with Gasteiger partial charge in [-0.1, -0.05) is 0 Å². The second-order valence-corrected chi connectivity index (χ2v) is 10.4. The molecular formula is C28H28F6N6O5. The van der Waals surface area contributed by atoms with Crippen molar-refractivity contribution >= 4 is 39.6 Å². The van der Waals surface area contributed by atoms with Crippen LogP contribution in [0.4, 0.5) is 32.0 Å². The van der Waals surface area contributed by atoms with Crippen LogP contribution in [0.15, 0.2) is 30.6 Å². The van der Waals surface area contributed by atoms with Gasteiger partial charge >= 0.3 is 24.3 Å². The zero-order valence-corrected chi connectivity index (χ0v) is 23.9. The van der Waals surface area contributed by atoms with E-state index in [1.54, 1.807) is 4.68 Å². The molecular weight excluding hydrogens is 614 g/mol. The van der Waals surface area contributed by atoms with E-state index < -0.39 is 24.3 Å². The second kappa shape index (κ2) is 12.7. The van der Waals surface area contributed by atoms with Crippen molar-refractivity contribution in [3.8, 4) is 17.0 Å². The molecule has 11 nitrogen and oxygen atoms in total. The van der Waals surface area contributed by atoms with Crippen LogP contribution in [0.3, 0.4) is 0 Å². The molecule has 1 aliphatic carbocycles. The number of aliphatic carboxylic acids is 2. The number of piperazine rings is 1. The van der Waals surface area contributed by atoms with Gasteiger partial charge in [-0.25, -0.2) is 19.6 Å². The number of alkyl halides is 6. The first-order valence-electron chi connectivity index (χ1n) is 13.5. The number of carbonyl (C=O) groups is 2. The summed E-state index contributed by atoms with van der Waals surface area (Å²) in [7, 11) is 1.90. The van der Waals surface area contributed by atoms with Crippen LogP contribution in [0.5, 0.6) is 5.75 Å². The summed E-state index contributed by atoms with van der Waals surface area (Å²) < 4.78 is 65.3. The highest BCUT2D eigenvalue weighted by Gasteiger charge is 2.39. The Morgan fingerprint density at radius 3 is 2.09 bits per heavy atom. The molecule has 3 aromatic heterocycles. The molecule has 4 aromatic rings. The number of phenols is 1. The van der Waals surface area contributed by atoms with Gasteiger partial charge < -0.3 is 25.5 Å². The van der Waals surface area contributed by atoms with Gasteiger partial charge in [0.1, 0.15) is 5.75 Å². The smallest absolute Gasteiger partial charge is 0.490 e. The highest BCUT2D eigenvalue weighted by molar-refractivity contribution is 5.93. The average Bonchev–Trinajstić information content (AvgIpc) is 3.75. The highest BCUT2D eigenvalue weighted by Crippen LogP contribution is 2.45. The number of benzene rings is 1. The van der Waals surface area contributed by atoms with Crippen molar-refractivity contribution in [2.75, 3.05) is 31.1 Å². The van der Waals surface area contributed by atoms with E-state index in [-0.39, 0.29) is 5.75 Å². The monoisotopic (exact) mass is 642 g/mol. The van der Waals surface area contributed by atoms with Gasteiger partial charge in [0.15, 0.2) is 5.65 Å². The molecule has 1 saturated heterocycles. The minimum Gasteiger partial charge on any atom is -0.507 e. The standard InChI is InChI=1S/C24H26N6O.2C2HF3O2/c1-14-22-16(13-29(2)28-22)9-20(23(14)31)21-11-18(15-3-4-15)19-10-17(12-26-24(19)27-21)30-7-5-25-6-8-30;2*3-2(4,5)1(6)7/h9-13,15,25,31H,3-8H2,1-2H3;2*(H,6,7). The van der Waals surface area contributed by atoms with Crippen molar-refractivity contribution in [1.82, 2.24) is 25.1 Å². The molecule has 1 aliphatic heterocycles. The number of aromatic hydroxyl groups is 1. The topological polar surface area (TPSA) is 154 Å². The molecule has 1 saturated carbocycles. The molecule has 2 fully saturated rings. The summed E-state index contributed by atoms with van der Waals surface area (Å²) in [6.07, 6.45) is -3.85. The Balaban J connectivity index is 0.000000277. The number of anilines is 1. The number of rotatable bonds is 3. The van der Waals surface area contributed by atoms with Crippen LogP contribution in [0, 0.1) is 6.92 Å². The molecule has 6 rings (SSSR count). The van der Waals surface area contributed by atoms with Crippen molar-refractivity contribution in [3.63, 3.8) is 0 Å². The number of aryl methyl sites for hydroxylation is 2. The number of halogens is 6. The van der Waals surface area contributed by atoms with Crippen LogP contribution in [-0.2, 0) is 16.6 Å². The third-order valence-electron chi connectivity index (χ3n) is 7.06. The normalized spacial score (nSPS) is 15.2. The molecule has 17 heteroatoms. The van der Waals surface area contributed by atoms with E-state index in [4.69, 9.17) is 29.8 Å². The molecule has 0 unspecified atom stereocenters. The van der Waals surface area contributed by atoms with E-state index in [1.807, 2.05) is 32.4 Å². The van der Waals surface area contributed by atoms with Gasteiger partial charge in [-0.15, -0.1) is 0 Å². The van der Waals surface area contributed by atoms with E-state index in [2.05, 4.69) is 27.4 Å². The SMILES string of the molecule is Cc1c(O)c(-c2cc(C3CC3)c3cc(N4CCNCC4)cnc3n2)cc2cn(C)nc12.O=C(O)C(F)(F)F.O=C(O)C(F)(F)F. The van der Waals surface area contributed by atoms with Crippen molar-refractivity contribution < 1.29 is 51.3 Å². The predicted molar refractivity (Wildman–Crippen MR) is 150 cm³/mol.